The largest absolute Gasteiger partial charge is 0.266 e. The Morgan fingerprint density at radius 1 is 1.53 bits per heavy atom. The van der Waals surface area contributed by atoms with Gasteiger partial charge in [0.15, 0.2) is 0 Å². The van der Waals surface area contributed by atoms with Crippen LogP contribution in [0.3, 0.4) is 0 Å². The lowest BCUT2D eigenvalue weighted by molar-refractivity contribution is 0.149. The lowest BCUT2D eigenvalue weighted by Gasteiger charge is -2.09. The molecule has 1 aromatic heterocycles. The maximum atomic E-state index is 12.5. The van der Waals surface area contributed by atoms with Gasteiger partial charge in [-0.15, -0.1) is 0 Å². The highest BCUT2D eigenvalue weighted by Crippen LogP contribution is 2.34. The van der Waals surface area contributed by atoms with E-state index in [2.05, 4.69) is 20.9 Å². The van der Waals surface area contributed by atoms with E-state index in [1.54, 1.807) is 0 Å². The van der Waals surface area contributed by atoms with Gasteiger partial charge < -0.3 is 0 Å². The minimum absolute atomic E-state index is 0.0564. The van der Waals surface area contributed by atoms with Gasteiger partial charge in [0.1, 0.15) is 4.90 Å². The van der Waals surface area contributed by atoms with Crippen molar-refractivity contribution in [3.8, 4) is 0 Å². The highest BCUT2D eigenvalue weighted by molar-refractivity contribution is 9.10. The smallest absolute Gasteiger partial charge is 0.260 e. The highest BCUT2D eigenvalue weighted by atomic mass is 79.9. The fraction of sp³-hybridized carbons (Fsp3) is 0.286. The average Bonchev–Trinajstić information content (AvgIpc) is 2.00. The first-order valence-electron chi connectivity index (χ1n) is 3.63. The second kappa shape index (κ2) is 4.31. The van der Waals surface area contributed by atoms with Gasteiger partial charge in [-0.2, -0.15) is 0 Å². The molecule has 15 heavy (non-hydrogen) atoms. The van der Waals surface area contributed by atoms with Gasteiger partial charge in [0.25, 0.3) is 15.5 Å². The maximum Gasteiger partial charge on any atom is 0.266 e. The quantitative estimate of drug-likeness (QED) is 0.787. The van der Waals surface area contributed by atoms with E-state index < -0.39 is 25.9 Å². The van der Waals surface area contributed by atoms with E-state index in [1.807, 2.05) is 0 Å². The SMILES string of the molecule is Cc1ncc(S(=O)(=O)Cl)c(Br)c1C(F)F. The van der Waals surface area contributed by atoms with Crippen molar-refractivity contribution < 1.29 is 17.2 Å². The second-order valence-corrected chi connectivity index (χ2v) is 6.00. The van der Waals surface area contributed by atoms with Crippen molar-refractivity contribution in [1.82, 2.24) is 4.98 Å². The first-order valence-corrected chi connectivity index (χ1v) is 6.73. The molecule has 1 aromatic rings. The summed E-state index contributed by atoms with van der Waals surface area (Å²) in [5.74, 6) is 0. The number of pyridine rings is 1. The molecule has 0 aliphatic heterocycles. The molecule has 0 radical (unpaired) electrons. The number of aryl methyl sites for hydroxylation is 1. The molecule has 0 spiro atoms. The van der Waals surface area contributed by atoms with Gasteiger partial charge in [0.2, 0.25) is 0 Å². The Morgan fingerprint density at radius 3 is 2.47 bits per heavy atom. The minimum Gasteiger partial charge on any atom is -0.260 e. The zero-order valence-electron chi connectivity index (χ0n) is 7.34. The summed E-state index contributed by atoms with van der Waals surface area (Å²) < 4.78 is 46.8. The fourth-order valence-corrected chi connectivity index (χ4v) is 3.33. The summed E-state index contributed by atoms with van der Waals surface area (Å²) in [5, 5.41) is 0. The Bertz CT molecular complexity index is 492. The summed E-state index contributed by atoms with van der Waals surface area (Å²) >= 11 is 2.78. The van der Waals surface area contributed by atoms with Crippen molar-refractivity contribution in [3.63, 3.8) is 0 Å². The first kappa shape index (κ1) is 12.8. The highest BCUT2D eigenvalue weighted by Gasteiger charge is 2.23. The number of hydrogen-bond donors (Lipinski definition) is 0. The summed E-state index contributed by atoms with van der Waals surface area (Å²) in [6.07, 6.45) is -1.88. The van der Waals surface area contributed by atoms with Gasteiger partial charge >= 0.3 is 0 Å². The second-order valence-electron chi connectivity index (χ2n) is 2.67. The molecule has 1 heterocycles. The molecule has 0 N–H and O–H groups in total. The van der Waals surface area contributed by atoms with Crippen LogP contribution in [0.2, 0.25) is 0 Å². The average molecular weight is 321 g/mol. The zero-order chi connectivity index (χ0) is 11.8. The first-order chi connectivity index (χ1) is 6.75. The summed E-state index contributed by atoms with van der Waals surface area (Å²) in [5.41, 5.74) is -0.405. The lowest BCUT2D eigenvalue weighted by atomic mass is 10.2. The number of nitrogens with zero attached hydrogens (tertiary/aromatic N) is 1. The topological polar surface area (TPSA) is 47.0 Å². The van der Waals surface area contributed by atoms with Crippen LogP contribution in [-0.2, 0) is 9.05 Å². The molecule has 0 aliphatic carbocycles. The third-order valence-electron chi connectivity index (χ3n) is 1.70. The van der Waals surface area contributed by atoms with Crippen LogP contribution in [0, 0.1) is 6.92 Å². The molecule has 0 saturated carbocycles. The van der Waals surface area contributed by atoms with Gasteiger partial charge in [0.05, 0.1) is 5.56 Å². The Labute approximate surface area is 98.0 Å². The Morgan fingerprint density at radius 2 is 2.07 bits per heavy atom. The minimum atomic E-state index is -4.08. The normalized spacial score (nSPS) is 12.1. The van der Waals surface area contributed by atoms with Crippen LogP contribution >= 0.6 is 26.6 Å². The van der Waals surface area contributed by atoms with E-state index in [0.29, 0.717) is 0 Å². The van der Waals surface area contributed by atoms with Crippen molar-refractivity contribution in [2.24, 2.45) is 0 Å². The number of rotatable bonds is 2. The molecule has 0 aliphatic rings. The van der Waals surface area contributed by atoms with E-state index in [1.165, 1.54) is 6.92 Å². The molecule has 8 heteroatoms. The van der Waals surface area contributed by atoms with E-state index in [-0.39, 0.29) is 10.2 Å². The Hall–Kier alpha value is -0.270. The fourth-order valence-electron chi connectivity index (χ4n) is 0.997. The van der Waals surface area contributed by atoms with Crippen molar-refractivity contribution in [3.05, 3.63) is 21.9 Å². The van der Waals surface area contributed by atoms with Gasteiger partial charge in [-0.3, -0.25) is 4.98 Å². The number of alkyl halides is 2. The summed E-state index contributed by atoms with van der Waals surface area (Å²) in [4.78, 5) is 3.10. The molecule has 1 rings (SSSR count). The maximum absolute atomic E-state index is 12.5. The molecule has 0 unspecified atom stereocenters. The summed E-state index contributed by atoms with van der Waals surface area (Å²) in [7, 11) is 0.973. The van der Waals surface area contributed by atoms with Crippen LogP contribution in [0.25, 0.3) is 0 Å². The van der Waals surface area contributed by atoms with Gasteiger partial charge in [0, 0.05) is 27.0 Å². The van der Waals surface area contributed by atoms with Gasteiger partial charge in [-0.25, -0.2) is 17.2 Å². The predicted molar refractivity (Wildman–Crippen MR) is 54.7 cm³/mol. The zero-order valence-corrected chi connectivity index (χ0v) is 10.5. The van der Waals surface area contributed by atoms with E-state index >= 15 is 0 Å². The number of aromatic nitrogens is 1. The standard InChI is InChI=1S/C7H5BrClF2NO2S/c1-3-5(7(10)11)6(8)4(2-12-3)15(9,13)14/h2,7H,1H3. The van der Waals surface area contributed by atoms with Gasteiger partial charge in [-0.1, -0.05) is 0 Å². The van der Waals surface area contributed by atoms with Crippen LogP contribution < -0.4 is 0 Å². The molecule has 0 amide bonds. The predicted octanol–water partition coefficient (Wildman–Crippen LogP) is 3.02. The monoisotopic (exact) mass is 319 g/mol. The molecule has 0 saturated heterocycles. The lowest BCUT2D eigenvalue weighted by Crippen LogP contribution is -2.01. The van der Waals surface area contributed by atoms with Gasteiger partial charge in [-0.05, 0) is 22.9 Å². The molecular formula is C7H5BrClF2NO2S. The third kappa shape index (κ3) is 2.64. The molecule has 0 atom stereocenters. The van der Waals surface area contributed by atoms with E-state index in [9.17, 15) is 17.2 Å². The van der Waals surface area contributed by atoms with E-state index in [4.69, 9.17) is 10.7 Å². The van der Waals surface area contributed by atoms with Crippen molar-refractivity contribution in [2.45, 2.75) is 18.2 Å². The Kier molecular flexibility index (Phi) is 3.67. The Balaban J connectivity index is 3.56. The van der Waals surface area contributed by atoms with Crippen molar-refractivity contribution in [2.75, 3.05) is 0 Å². The van der Waals surface area contributed by atoms with Crippen LogP contribution in [0.1, 0.15) is 17.7 Å². The summed E-state index contributed by atoms with van der Waals surface area (Å²) in [6.45, 7) is 1.36. The van der Waals surface area contributed by atoms with Crippen LogP contribution in [0.4, 0.5) is 8.78 Å². The molecule has 0 bridgehead atoms. The summed E-state index contributed by atoms with van der Waals surface area (Å²) in [6, 6.07) is 0. The number of halogens is 4. The van der Waals surface area contributed by atoms with Crippen molar-refractivity contribution in [1.29, 1.82) is 0 Å². The molecule has 84 valence electrons. The number of hydrogen-bond acceptors (Lipinski definition) is 3. The third-order valence-corrected chi connectivity index (χ3v) is 4.15. The van der Waals surface area contributed by atoms with Crippen LogP contribution in [0.15, 0.2) is 15.6 Å². The van der Waals surface area contributed by atoms with E-state index in [0.717, 1.165) is 6.20 Å². The molecular weight excluding hydrogens is 316 g/mol. The molecule has 0 aromatic carbocycles. The molecule has 0 fully saturated rings. The van der Waals surface area contributed by atoms with Crippen LogP contribution in [0.5, 0.6) is 0 Å². The molecule has 3 nitrogen and oxygen atoms in total. The van der Waals surface area contributed by atoms with Crippen molar-refractivity contribution >= 4 is 35.7 Å². The van der Waals surface area contributed by atoms with Crippen LogP contribution in [-0.4, -0.2) is 13.4 Å².